The second-order valence-corrected chi connectivity index (χ2v) is 7.64. The van der Waals surface area contributed by atoms with Crippen molar-refractivity contribution >= 4 is 33.3 Å². The van der Waals surface area contributed by atoms with Crippen LogP contribution in [0, 0.1) is 11.3 Å². The van der Waals surface area contributed by atoms with Crippen LogP contribution in [0.5, 0.6) is 0 Å². The highest BCUT2D eigenvalue weighted by Crippen LogP contribution is 2.30. The predicted octanol–water partition coefficient (Wildman–Crippen LogP) is 5.38. The fourth-order valence-corrected chi connectivity index (χ4v) is 4.35. The Morgan fingerprint density at radius 2 is 1.97 bits per heavy atom. The topological polar surface area (TPSA) is 55.7 Å². The van der Waals surface area contributed by atoms with Crippen molar-refractivity contribution in [1.82, 2.24) is 14.9 Å². The van der Waals surface area contributed by atoms with Gasteiger partial charge in [0.2, 0.25) is 0 Å². The fraction of sp³-hybridized carbons (Fsp3) is 0.200. The minimum absolute atomic E-state index is 0.666. The average molecular weight is 378 g/mol. The smallest absolute Gasteiger partial charge is 0.0998 e. The van der Waals surface area contributed by atoms with Crippen LogP contribution in [0.15, 0.2) is 61.1 Å². The standard InChI is InChI=1S/C25H22N4/c26-14-21(13-18-5-3-6-19-15-27-10-9-22(18)19)24-16-28-25-20(7-4-8-23(24)25)17-29-11-1-2-12-29/h3-10,13,15-16,28H,1-2,11-12,17H2. The molecule has 0 aliphatic carbocycles. The second kappa shape index (κ2) is 7.54. The van der Waals surface area contributed by atoms with E-state index in [9.17, 15) is 5.26 Å². The van der Waals surface area contributed by atoms with E-state index in [-0.39, 0.29) is 0 Å². The largest absolute Gasteiger partial charge is 0.360 e. The Morgan fingerprint density at radius 1 is 1.10 bits per heavy atom. The number of H-pyrrole nitrogens is 1. The number of likely N-dealkylation sites (tertiary alicyclic amines) is 1. The van der Waals surface area contributed by atoms with Crippen molar-refractivity contribution in [2.45, 2.75) is 19.4 Å². The number of aromatic nitrogens is 2. The number of para-hydroxylation sites is 1. The van der Waals surface area contributed by atoms with Gasteiger partial charge in [-0.05, 0) is 54.6 Å². The summed E-state index contributed by atoms with van der Waals surface area (Å²) in [4.78, 5) is 10.1. The summed E-state index contributed by atoms with van der Waals surface area (Å²) < 4.78 is 0. The molecule has 1 N–H and O–H groups in total. The molecule has 5 rings (SSSR count). The molecule has 1 aliphatic rings. The van der Waals surface area contributed by atoms with Gasteiger partial charge in [-0.1, -0.05) is 36.4 Å². The molecular formula is C25H22N4. The van der Waals surface area contributed by atoms with Crippen molar-refractivity contribution in [3.05, 3.63) is 77.7 Å². The number of hydrogen-bond acceptors (Lipinski definition) is 3. The lowest BCUT2D eigenvalue weighted by atomic mass is 9.99. The maximum atomic E-state index is 9.94. The van der Waals surface area contributed by atoms with Crippen molar-refractivity contribution < 1.29 is 0 Å². The Balaban J connectivity index is 1.58. The first-order valence-electron chi connectivity index (χ1n) is 10.1. The van der Waals surface area contributed by atoms with E-state index in [0.717, 1.165) is 39.3 Å². The molecule has 1 fully saturated rings. The summed E-state index contributed by atoms with van der Waals surface area (Å²) in [6, 6.07) is 16.9. The van der Waals surface area contributed by atoms with E-state index in [1.807, 2.05) is 42.7 Å². The third-order valence-corrected chi connectivity index (χ3v) is 5.82. The maximum absolute atomic E-state index is 9.94. The minimum atomic E-state index is 0.666. The molecular weight excluding hydrogens is 356 g/mol. The molecule has 1 saturated heterocycles. The van der Waals surface area contributed by atoms with Crippen LogP contribution >= 0.6 is 0 Å². The van der Waals surface area contributed by atoms with Crippen LogP contribution in [-0.4, -0.2) is 28.0 Å². The molecule has 0 saturated carbocycles. The quantitative estimate of drug-likeness (QED) is 0.485. The van der Waals surface area contributed by atoms with Gasteiger partial charge in [0.15, 0.2) is 0 Å². The summed E-state index contributed by atoms with van der Waals surface area (Å²) in [5.41, 5.74) is 5.08. The van der Waals surface area contributed by atoms with Crippen LogP contribution in [0.1, 0.15) is 29.5 Å². The van der Waals surface area contributed by atoms with Gasteiger partial charge < -0.3 is 4.98 Å². The Labute approximate surface area is 170 Å². The lowest BCUT2D eigenvalue weighted by Crippen LogP contribution is -2.18. The van der Waals surface area contributed by atoms with Crippen molar-refractivity contribution in [3.8, 4) is 6.07 Å². The van der Waals surface area contributed by atoms with Crippen LogP contribution in [0.25, 0.3) is 33.3 Å². The van der Waals surface area contributed by atoms with E-state index in [4.69, 9.17) is 0 Å². The molecule has 29 heavy (non-hydrogen) atoms. The van der Waals surface area contributed by atoms with Crippen molar-refractivity contribution in [1.29, 1.82) is 5.26 Å². The van der Waals surface area contributed by atoms with Crippen molar-refractivity contribution in [3.63, 3.8) is 0 Å². The number of rotatable bonds is 4. The molecule has 4 heteroatoms. The molecule has 0 spiro atoms. The zero-order valence-electron chi connectivity index (χ0n) is 16.2. The molecule has 0 atom stereocenters. The van der Waals surface area contributed by atoms with Crippen molar-refractivity contribution in [2.75, 3.05) is 13.1 Å². The van der Waals surface area contributed by atoms with Gasteiger partial charge in [-0.25, -0.2) is 0 Å². The normalized spacial score (nSPS) is 15.2. The van der Waals surface area contributed by atoms with Gasteiger partial charge in [0.1, 0.15) is 0 Å². The van der Waals surface area contributed by atoms with E-state index in [2.05, 4.69) is 39.1 Å². The molecule has 0 radical (unpaired) electrons. The Bertz CT molecular complexity index is 1250. The fourth-order valence-electron chi connectivity index (χ4n) is 4.35. The third kappa shape index (κ3) is 3.30. The average Bonchev–Trinajstić information content (AvgIpc) is 3.43. The monoisotopic (exact) mass is 378 g/mol. The van der Waals surface area contributed by atoms with Gasteiger partial charge in [0, 0.05) is 41.5 Å². The number of fused-ring (bicyclic) bond motifs is 2. The van der Waals surface area contributed by atoms with Crippen LogP contribution in [0.3, 0.4) is 0 Å². The van der Waals surface area contributed by atoms with Crippen molar-refractivity contribution in [2.24, 2.45) is 0 Å². The second-order valence-electron chi connectivity index (χ2n) is 7.64. The molecule has 0 bridgehead atoms. The minimum Gasteiger partial charge on any atom is -0.360 e. The summed E-state index contributed by atoms with van der Waals surface area (Å²) in [5.74, 6) is 0. The molecule has 4 nitrogen and oxygen atoms in total. The lowest BCUT2D eigenvalue weighted by Gasteiger charge is -2.15. The highest BCUT2D eigenvalue weighted by atomic mass is 15.1. The Hall–Kier alpha value is -3.42. The molecule has 0 amide bonds. The van der Waals surface area contributed by atoms with Crippen LogP contribution in [0.2, 0.25) is 0 Å². The molecule has 2 aromatic carbocycles. The number of nitriles is 1. The number of pyridine rings is 1. The van der Waals surface area contributed by atoms with Gasteiger partial charge in [0.05, 0.1) is 17.2 Å². The van der Waals surface area contributed by atoms with Gasteiger partial charge in [-0.3, -0.25) is 9.88 Å². The number of nitrogens with one attached hydrogen (secondary N) is 1. The molecule has 142 valence electrons. The van der Waals surface area contributed by atoms with Crippen LogP contribution in [-0.2, 0) is 6.54 Å². The number of benzene rings is 2. The summed E-state index contributed by atoms with van der Waals surface area (Å²) in [6.07, 6.45) is 10.2. The van der Waals surface area contributed by atoms with E-state index in [1.165, 1.54) is 31.5 Å². The highest BCUT2D eigenvalue weighted by Gasteiger charge is 2.16. The Morgan fingerprint density at radius 3 is 2.83 bits per heavy atom. The van der Waals surface area contributed by atoms with E-state index >= 15 is 0 Å². The third-order valence-electron chi connectivity index (χ3n) is 5.82. The summed E-state index contributed by atoms with van der Waals surface area (Å²) in [6.45, 7) is 3.30. The predicted molar refractivity (Wildman–Crippen MR) is 118 cm³/mol. The highest BCUT2D eigenvalue weighted by molar-refractivity contribution is 6.04. The molecule has 4 aromatic rings. The Kier molecular flexibility index (Phi) is 4.59. The summed E-state index contributed by atoms with van der Waals surface area (Å²) in [7, 11) is 0. The number of allylic oxidation sites excluding steroid dienone is 1. The first kappa shape index (κ1) is 17.7. The first-order valence-corrected chi connectivity index (χ1v) is 10.1. The van der Waals surface area contributed by atoms with E-state index in [1.54, 1.807) is 6.20 Å². The molecule has 0 unspecified atom stereocenters. The van der Waals surface area contributed by atoms with Gasteiger partial charge in [-0.2, -0.15) is 5.26 Å². The summed E-state index contributed by atoms with van der Waals surface area (Å²) >= 11 is 0. The SMILES string of the molecule is N#CC(=Cc1cccc2cnccc12)c1c[nH]c2c(CN3CCCC3)cccc12. The lowest BCUT2D eigenvalue weighted by molar-refractivity contribution is 0.332. The molecule has 1 aliphatic heterocycles. The van der Waals surface area contributed by atoms with Gasteiger partial charge in [0.25, 0.3) is 0 Å². The maximum Gasteiger partial charge on any atom is 0.0998 e. The molecule has 3 heterocycles. The zero-order chi connectivity index (χ0) is 19.6. The van der Waals surface area contributed by atoms with Gasteiger partial charge in [-0.15, -0.1) is 0 Å². The molecule has 2 aromatic heterocycles. The van der Waals surface area contributed by atoms with Crippen LogP contribution < -0.4 is 0 Å². The van der Waals surface area contributed by atoms with E-state index < -0.39 is 0 Å². The van der Waals surface area contributed by atoms with Crippen LogP contribution in [0.4, 0.5) is 0 Å². The number of nitrogens with zero attached hydrogens (tertiary/aromatic N) is 3. The summed E-state index contributed by atoms with van der Waals surface area (Å²) in [5, 5.41) is 13.2. The van der Waals surface area contributed by atoms with Gasteiger partial charge >= 0.3 is 0 Å². The number of hydrogen-bond donors (Lipinski definition) is 1. The number of aromatic amines is 1. The van der Waals surface area contributed by atoms with E-state index in [0.29, 0.717) is 5.57 Å². The first-order chi connectivity index (χ1) is 14.3. The zero-order valence-corrected chi connectivity index (χ0v) is 16.2.